The summed E-state index contributed by atoms with van der Waals surface area (Å²) in [5.74, 6) is 0.625. The van der Waals surface area contributed by atoms with Gasteiger partial charge in [-0.1, -0.05) is 42.5 Å². The molecule has 6 heteroatoms. The molecule has 0 aromatic heterocycles. The maximum Gasteiger partial charge on any atom is 0.264 e. The third-order valence-corrected chi connectivity index (χ3v) is 4.45. The van der Waals surface area contributed by atoms with Crippen molar-refractivity contribution < 1.29 is 22.4 Å². The van der Waals surface area contributed by atoms with Gasteiger partial charge in [0.05, 0.1) is 12.4 Å². The molecule has 136 valence electrons. The van der Waals surface area contributed by atoms with E-state index in [1.807, 2.05) is 54.6 Å². The van der Waals surface area contributed by atoms with Gasteiger partial charge in [0.1, 0.15) is 12.4 Å². The van der Waals surface area contributed by atoms with Crippen LogP contribution in [0.4, 0.5) is 0 Å². The number of benzene rings is 2. The van der Waals surface area contributed by atoms with E-state index >= 15 is 0 Å². The molecule has 0 amide bonds. The fourth-order valence-corrected chi connectivity index (χ4v) is 2.84. The Balaban J connectivity index is 1.60. The molecule has 0 spiro atoms. The van der Waals surface area contributed by atoms with Crippen LogP contribution in [0, 0.1) is 0 Å². The average molecular weight is 364 g/mol. The number of hydrogen-bond donors (Lipinski definition) is 1. The first-order valence-corrected chi connectivity index (χ1v) is 9.92. The summed E-state index contributed by atoms with van der Waals surface area (Å²) >= 11 is 0. The average Bonchev–Trinajstić information content (AvgIpc) is 2.60. The largest absolute Gasteiger partial charge is 0.489 e. The molecule has 0 radical (unpaired) electrons. The van der Waals surface area contributed by atoms with Crippen LogP contribution in [0.25, 0.3) is 0 Å². The highest BCUT2D eigenvalue weighted by Gasteiger charge is 2.03. The van der Waals surface area contributed by atoms with E-state index < -0.39 is 10.1 Å². The number of ether oxygens (including phenoxy) is 2. The molecule has 1 N–H and O–H groups in total. The zero-order valence-corrected chi connectivity index (χ0v) is 15.0. The van der Waals surface area contributed by atoms with Crippen LogP contribution in [0.5, 0.6) is 5.75 Å². The fraction of sp³-hybridized carbons (Fsp3) is 0.368. The first-order valence-electron chi connectivity index (χ1n) is 8.31. The molecule has 0 aliphatic rings. The Morgan fingerprint density at radius 2 is 1.56 bits per heavy atom. The van der Waals surface area contributed by atoms with Gasteiger partial charge in [-0.3, -0.25) is 4.55 Å². The molecule has 0 atom stereocenters. The van der Waals surface area contributed by atoms with Gasteiger partial charge >= 0.3 is 0 Å². The smallest absolute Gasteiger partial charge is 0.264 e. The van der Waals surface area contributed by atoms with Crippen LogP contribution >= 0.6 is 0 Å². The summed E-state index contributed by atoms with van der Waals surface area (Å²) in [6, 6.07) is 18.0. The summed E-state index contributed by atoms with van der Waals surface area (Å²) in [5.41, 5.74) is 2.29. The minimum absolute atomic E-state index is 0.208. The Bertz CT molecular complexity index is 711. The predicted octanol–water partition coefficient (Wildman–Crippen LogP) is 3.49. The molecule has 0 unspecified atom stereocenters. The van der Waals surface area contributed by atoms with E-state index in [1.54, 1.807) is 0 Å². The van der Waals surface area contributed by atoms with Gasteiger partial charge in [0, 0.05) is 6.61 Å². The molecule has 0 heterocycles. The van der Waals surface area contributed by atoms with Crippen molar-refractivity contribution in [2.24, 2.45) is 0 Å². The summed E-state index contributed by atoms with van der Waals surface area (Å²) in [7, 11) is -3.85. The van der Waals surface area contributed by atoms with E-state index in [0.717, 1.165) is 23.3 Å². The van der Waals surface area contributed by atoms with E-state index in [2.05, 4.69) is 0 Å². The summed E-state index contributed by atoms with van der Waals surface area (Å²) in [4.78, 5) is 0. The fourth-order valence-electron chi connectivity index (χ4n) is 2.27. The maximum absolute atomic E-state index is 10.6. The third kappa shape index (κ3) is 8.67. The van der Waals surface area contributed by atoms with Gasteiger partial charge in [-0.15, -0.1) is 0 Å². The molecule has 25 heavy (non-hydrogen) atoms. The molecule has 2 aromatic rings. The van der Waals surface area contributed by atoms with Crippen LogP contribution in [0.2, 0.25) is 0 Å². The van der Waals surface area contributed by atoms with Crippen molar-refractivity contribution in [3.63, 3.8) is 0 Å². The van der Waals surface area contributed by atoms with Crippen molar-refractivity contribution in [2.45, 2.75) is 25.9 Å². The first-order chi connectivity index (χ1) is 12.0. The molecule has 0 fully saturated rings. The van der Waals surface area contributed by atoms with Gasteiger partial charge in [0.25, 0.3) is 10.1 Å². The summed E-state index contributed by atoms with van der Waals surface area (Å²) in [5, 5.41) is 0. The molecular formula is C19H24O5S. The SMILES string of the molecule is O=S(=O)(O)CCCCOCCc1ccc(OCc2ccccc2)cc1. The van der Waals surface area contributed by atoms with Crippen LogP contribution in [-0.4, -0.2) is 31.9 Å². The van der Waals surface area contributed by atoms with Crippen LogP contribution < -0.4 is 4.74 Å². The molecule has 2 rings (SSSR count). The summed E-state index contributed by atoms with van der Waals surface area (Å²) in [6.45, 7) is 1.62. The zero-order valence-electron chi connectivity index (χ0n) is 14.1. The van der Waals surface area contributed by atoms with Gasteiger partial charge in [0.2, 0.25) is 0 Å². The number of hydrogen-bond acceptors (Lipinski definition) is 4. The van der Waals surface area contributed by atoms with E-state index in [0.29, 0.717) is 32.7 Å². The second kappa shape index (κ2) is 10.2. The van der Waals surface area contributed by atoms with Gasteiger partial charge in [-0.05, 0) is 42.5 Å². The second-order valence-electron chi connectivity index (χ2n) is 5.77. The van der Waals surface area contributed by atoms with Crippen molar-refractivity contribution in [3.05, 3.63) is 65.7 Å². The first kappa shape index (κ1) is 19.4. The molecular weight excluding hydrogens is 340 g/mol. The standard InChI is InChI=1S/C19H24O5S/c20-25(21,22)15-5-4-13-23-14-12-17-8-10-19(11-9-17)24-16-18-6-2-1-3-7-18/h1-3,6-11H,4-5,12-16H2,(H,20,21,22). The van der Waals surface area contributed by atoms with Crippen LogP contribution in [0.3, 0.4) is 0 Å². The van der Waals surface area contributed by atoms with Gasteiger partial charge < -0.3 is 9.47 Å². The minimum Gasteiger partial charge on any atom is -0.489 e. The van der Waals surface area contributed by atoms with Crippen molar-refractivity contribution >= 4 is 10.1 Å². The number of rotatable bonds is 11. The van der Waals surface area contributed by atoms with Crippen LogP contribution in [0.1, 0.15) is 24.0 Å². The van der Waals surface area contributed by atoms with Crippen LogP contribution in [0.15, 0.2) is 54.6 Å². The lowest BCUT2D eigenvalue weighted by Gasteiger charge is -2.08. The Hall–Kier alpha value is -1.89. The van der Waals surface area contributed by atoms with Gasteiger partial charge in [-0.2, -0.15) is 8.42 Å². The lowest BCUT2D eigenvalue weighted by molar-refractivity contribution is 0.134. The summed E-state index contributed by atoms with van der Waals surface area (Å²) in [6.07, 6.45) is 1.82. The monoisotopic (exact) mass is 364 g/mol. The van der Waals surface area contributed by atoms with Gasteiger partial charge in [-0.25, -0.2) is 0 Å². The van der Waals surface area contributed by atoms with Crippen molar-refractivity contribution in [3.8, 4) is 5.75 Å². The molecule has 0 bridgehead atoms. The Morgan fingerprint density at radius 1 is 0.840 bits per heavy atom. The lowest BCUT2D eigenvalue weighted by atomic mass is 10.1. The van der Waals surface area contributed by atoms with Gasteiger partial charge in [0.15, 0.2) is 0 Å². The molecule has 0 aliphatic carbocycles. The van der Waals surface area contributed by atoms with E-state index in [-0.39, 0.29) is 5.75 Å². The van der Waals surface area contributed by atoms with Crippen LogP contribution in [-0.2, 0) is 27.9 Å². The Kier molecular flexibility index (Phi) is 7.91. The minimum atomic E-state index is -3.85. The van der Waals surface area contributed by atoms with E-state index in [4.69, 9.17) is 14.0 Å². The normalized spacial score (nSPS) is 11.4. The van der Waals surface area contributed by atoms with E-state index in [9.17, 15) is 8.42 Å². The molecule has 2 aromatic carbocycles. The highest BCUT2D eigenvalue weighted by Crippen LogP contribution is 2.14. The topological polar surface area (TPSA) is 72.8 Å². The predicted molar refractivity (Wildman–Crippen MR) is 97.4 cm³/mol. The molecule has 0 aliphatic heterocycles. The third-order valence-electron chi connectivity index (χ3n) is 3.65. The van der Waals surface area contributed by atoms with Crippen molar-refractivity contribution in [2.75, 3.05) is 19.0 Å². The Morgan fingerprint density at radius 3 is 2.24 bits per heavy atom. The van der Waals surface area contributed by atoms with Crippen molar-refractivity contribution in [1.82, 2.24) is 0 Å². The zero-order chi connectivity index (χ0) is 18.0. The molecule has 5 nitrogen and oxygen atoms in total. The highest BCUT2D eigenvalue weighted by molar-refractivity contribution is 7.85. The maximum atomic E-state index is 10.6. The second-order valence-corrected chi connectivity index (χ2v) is 7.35. The summed E-state index contributed by atoms with van der Waals surface area (Å²) < 4.78 is 41.0. The quantitative estimate of drug-likeness (QED) is 0.488. The molecule has 0 saturated carbocycles. The molecule has 0 saturated heterocycles. The van der Waals surface area contributed by atoms with E-state index in [1.165, 1.54) is 0 Å². The van der Waals surface area contributed by atoms with Crippen molar-refractivity contribution in [1.29, 1.82) is 0 Å². The lowest BCUT2D eigenvalue weighted by Crippen LogP contribution is -2.06. The number of unbranched alkanes of at least 4 members (excludes halogenated alkanes) is 1. The Labute approximate surface area is 149 Å². The highest BCUT2D eigenvalue weighted by atomic mass is 32.2.